The standard InChI is InChI=1S/C24H34F3N5O/c1-2-3-4-5-6-7-8-10-17-12-13-18(15-20(17)24(25,26)27)21-30-22(33-31-21)19-11-9-14-32(16-19)23(28)29/h12-13,15,19H,2-11,14,16H2,1H3,(H3,28,29)/t19-/m1/s1. The summed E-state index contributed by atoms with van der Waals surface area (Å²) in [5, 5.41) is 11.6. The van der Waals surface area contributed by atoms with Gasteiger partial charge in [0.2, 0.25) is 11.7 Å². The van der Waals surface area contributed by atoms with Gasteiger partial charge in [-0.15, -0.1) is 0 Å². The lowest BCUT2D eigenvalue weighted by Gasteiger charge is -2.30. The highest BCUT2D eigenvalue weighted by molar-refractivity contribution is 5.74. The van der Waals surface area contributed by atoms with Gasteiger partial charge >= 0.3 is 6.18 Å². The maximum atomic E-state index is 13.8. The summed E-state index contributed by atoms with van der Waals surface area (Å²) in [6.07, 6.45) is 5.08. The molecule has 1 fully saturated rings. The van der Waals surface area contributed by atoms with Crippen molar-refractivity contribution >= 4 is 5.96 Å². The van der Waals surface area contributed by atoms with Gasteiger partial charge in [0.15, 0.2) is 5.96 Å². The van der Waals surface area contributed by atoms with Crippen molar-refractivity contribution in [2.24, 2.45) is 5.73 Å². The van der Waals surface area contributed by atoms with E-state index in [1.165, 1.54) is 19.3 Å². The van der Waals surface area contributed by atoms with Crippen molar-refractivity contribution in [3.63, 3.8) is 0 Å². The largest absolute Gasteiger partial charge is 0.416 e. The number of nitrogens with zero attached hydrogens (tertiary/aromatic N) is 3. The number of rotatable bonds is 10. The van der Waals surface area contributed by atoms with Crippen LogP contribution < -0.4 is 5.73 Å². The van der Waals surface area contributed by atoms with Crippen LogP contribution in [0.4, 0.5) is 13.2 Å². The number of alkyl halides is 3. The van der Waals surface area contributed by atoms with E-state index in [-0.39, 0.29) is 17.7 Å². The molecular formula is C24H34F3N5O. The summed E-state index contributed by atoms with van der Waals surface area (Å²) in [5.41, 5.74) is 5.56. The summed E-state index contributed by atoms with van der Waals surface area (Å²) in [4.78, 5) is 6.11. The zero-order chi connectivity index (χ0) is 23.8. The number of halogens is 3. The SMILES string of the molecule is CCCCCCCCCc1ccc(-c2noc([C@@H]3CCCN(C(=N)N)C3)n2)cc1C(F)(F)F. The molecule has 2 heterocycles. The fraction of sp³-hybridized carbons (Fsp3) is 0.625. The van der Waals surface area contributed by atoms with Gasteiger partial charge in [0.1, 0.15) is 0 Å². The van der Waals surface area contributed by atoms with E-state index < -0.39 is 11.7 Å². The lowest BCUT2D eigenvalue weighted by Crippen LogP contribution is -2.42. The summed E-state index contributed by atoms with van der Waals surface area (Å²) in [7, 11) is 0. The van der Waals surface area contributed by atoms with Gasteiger partial charge in [0.25, 0.3) is 0 Å². The summed E-state index contributed by atoms with van der Waals surface area (Å²) in [6.45, 7) is 3.35. The number of likely N-dealkylation sites (tertiary alicyclic amines) is 1. The third-order valence-corrected chi connectivity index (χ3v) is 6.28. The van der Waals surface area contributed by atoms with Crippen LogP contribution in [-0.4, -0.2) is 34.1 Å². The van der Waals surface area contributed by atoms with Crippen LogP contribution in [0, 0.1) is 5.41 Å². The molecule has 3 rings (SSSR count). The average Bonchev–Trinajstić information content (AvgIpc) is 3.28. The van der Waals surface area contributed by atoms with E-state index in [0.717, 1.165) is 44.6 Å². The zero-order valence-corrected chi connectivity index (χ0v) is 19.3. The van der Waals surface area contributed by atoms with Gasteiger partial charge in [-0.25, -0.2) is 0 Å². The third-order valence-electron chi connectivity index (χ3n) is 6.28. The van der Waals surface area contributed by atoms with Gasteiger partial charge in [-0.3, -0.25) is 5.41 Å². The molecule has 1 saturated heterocycles. The predicted molar refractivity (Wildman–Crippen MR) is 122 cm³/mol. The Bertz CT molecular complexity index is 912. The monoisotopic (exact) mass is 465 g/mol. The first-order valence-electron chi connectivity index (χ1n) is 11.9. The second-order valence-corrected chi connectivity index (χ2v) is 8.87. The second-order valence-electron chi connectivity index (χ2n) is 8.87. The van der Waals surface area contributed by atoms with Crippen LogP contribution >= 0.6 is 0 Å². The van der Waals surface area contributed by atoms with E-state index in [0.29, 0.717) is 36.5 Å². The van der Waals surface area contributed by atoms with Gasteiger partial charge in [0, 0.05) is 18.7 Å². The number of nitrogens with two attached hydrogens (primary N) is 1. The lowest BCUT2D eigenvalue weighted by atomic mass is 9.97. The summed E-state index contributed by atoms with van der Waals surface area (Å²) in [6, 6.07) is 4.32. The van der Waals surface area contributed by atoms with E-state index in [2.05, 4.69) is 17.1 Å². The first-order valence-corrected chi connectivity index (χ1v) is 11.9. The molecule has 33 heavy (non-hydrogen) atoms. The van der Waals surface area contributed by atoms with E-state index in [9.17, 15) is 13.2 Å². The second kappa shape index (κ2) is 11.5. The molecule has 1 aromatic heterocycles. The molecule has 1 aliphatic heterocycles. The molecule has 6 nitrogen and oxygen atoms in total. The molecular weight excluding hydrogens is 431 g/mol. The number of aromatic nitrogens is 2. The summed E-state index contributed by atoms with van der Waals surface area (Å²) >= 11 is 0. The summed E-state index contributed by atoms with van der Waals surface area (Å²) < 4.78 is 46.7. The molecule has 182 valence electrons. The number of nitrogens with one attached hydrogen (secondary N) is 1. The average molecular weight is 466 g/mol. The minimum absolute atomic E-state index is 0.00851. The molecule has 0 bridgehead atoms. The number of benzene rings is 1. The number of hydrogen-bond acceptors (Lipinski definition) is 4. The maximum absolute atomic E-state index is 13.8. The van der Waals surface area contributed by atoms with Gasteiger partial charge in [-0.05, 0) is 37.3 Å². The van der Waals surface area contributed by atoms with Crippen LogP contribution in [0.15, 0.2) is 22.7 Å². The fourth-order valence-corrected chi connectivity index (χ4v) is 4.39. The van der Waals surface area contributed by atoms with Crippen molar-refractivity contribution in [2.45, 2.75) is 83.2 Å². The molecule has 0 spiro atoms. The molecule has 2 aromatic rings. The number of aryl methyl sites for hydroxylation is 1. The highest BCUT2D eigenvalue weighted by Crippen LogP contribution is 2.36. The topological polar surface area (TPSA) is 92.0 Å². The number of unbranched alkanes of at least 4 members (excludes halogenated alkanes) is 6. The number of hydrogen-bond donors (Lipinski definition) is 2. The zero-order valence-electron chi connectivity index (χ0n) is 19.3. The quantitative estimate of drug-likeness (QED) is 0.250. The Labute approximate surface area is 193 Å². The molecule has 3 N–H and O–H groups in total. The minimum atomic E-state index is -4.44. The van der Waals surface area contributed by atoms with Gasteiger partial charge in [-0.2, -0.15) is 18.2 Å². The van der Waals surface area contributed by atoms with Crippen LogP contribution in [0.2, 0.25) is 0 Å². The molecule has 1 aliphatic rings. The predicted octanol–water partition coefficient (Wildman–Crippen LogP) is 6.12. The molecule has 0 radical (unpaired) electrons. The van der Waals surface area contributed by atoms with Crippen molar-refractivity contribution in [1.82, 2.24) is 15.0 Å². The van der Waals surface area contributed by atoms with Crippen LogP contribution in [0.25, 0.3) is 11.4 Å². The number of piperidine rings is 1. The Morgan fingerprint density at radius 1 is 1.18 bits per heavy atom. The Kier molecular flexibility index (Phi) is 8.74. The minimum Gasteiger partial charge on any atom is -0.370 e. The van der Waals surface area contributed by atoms with Crippen molar-refractivity contribution in [2.75, 3.05) is 13.1 Å². The summed E-state index contributed by atoms with van der Waals surface area (Å²) in [5.74, 6) is 0.419. The molecule has 1 atom stereocenters. The van der Waals surface area contributed by atoms with Gasteiger partial charge in [-0.1, -0.05) is 62.7 Å². The van der Waals surface area contributed by atoms with E-state index in [1.54, 1.807) is 17.0 Å². The first kappa shape index (κ1) is 25.1. The molecule has 0 aliphatic carbocycles. The Balaban J connectivity index is 1.68. The van der Waals surface area contributed by atoms with E-state index in [4.69, 9.17) is 15.7 Å². The van der Waals surface area contributed by atoms with Crippen LogP contribution in [0.1, 0.15) is 87.6 Å². The van der Waals surface area contributed by atoms with E-state index >= 15 is 0 Å². The van der Waals surface area contributed by atoms with Crippen molar-refractivity contribution in [3.05, 3.63) is 35.2 Å². The van der Waals surface area contributed by atoms with Crippen LogP contribution in [0.5, 0.6) is 0 Å². The normalized spacial score (nSPS) is 16.8. The van der Waals surface area contributed by atoms with Crippen LogP contribution in [0.3, 0.4) is 0 Å². The van der Waals surface area contributed by atoms with Gasteiger partial charge < -0.3 is 15.2 Å². The van der Waals surface area contributed by atoms with Crippen molar-refractivity contribution in [3.8, 4) is 11.4 Å². The highest BCUT2D eigenvalue weighted by Gasteiger charge is 2.34. The van der Waals surface area contributed by atoms with E-state index in [1.807, 2.05) is 0 Å². The maximum Gasteiger partial charge on any atom is 0.416 e. The Morgan fingerprint density at radius 2 is 1.91 bits per heavy atom. The number of guanidine groups is 1. The Hall–Kier alpha value is -2.58. The Morgan fingerprint density at radius 3 is 2.61 bits per heavy atom. The molecule has 1 aromatic carbocycles. The molecule has 0 unspecified atom stereocenters. The fourth-order valence-electron chi connectivity index (χ4n) is 4.39. The third kappa shape index (κ3) is 6.95. The molecule has 9 heteroatoms. The molecule has 0 amide bonds. The smallest absolute Gasteiger partial charge is 0.370 e. The van der Waals surface area contributed by atoms with Gasteiger partial charge in [0.05, 0.1) is 11.5 Å². The van der Waals surface area contributed by atoms with Crippen molar-refractivity contribution < 1.29 is 17.7 Å². The van der Waals surface area contributed by atoms with Crippen LogP contribution in [-0.2, 0) is 12.6 Å². The molecule has 0 saturated carbocycles. The lowest BCUT2D eigenvalue weighted by molar-refractivity contribution is -0.138. The first-order chi connectivity index (χ1) is 15.8. The highest BCUT2D eigenvalue weighted by atomic mass is 19.4. The van der Waals surface area contributed by atoms with Crippen molar-refractivity contribution in [1.29, 1.82) is 5.41 Å².